The Balaban J connectivity index is 4.39. The van der Waals surface area contributed by atoms with Gasteiger partial charge in [-0.2, -0.15) is 0 Å². The fourth-order valence-corrected chi connectivity index (χ4v) is 2.50. The summed E-state index contributed by atoms with van der Waals surface area (Å²) in [7, 11) is 0. The van der Waals surface area contributed by atoms with Crippen molar-refractivity contribution in [2.45, 2.75) is 72.6 Å². The second-order valence-electron chi connectivity index (χ2n) is 4.63. The Morgan fingerprint density at radius 2 is 1.50 bits per heavy atom. The monoisotopic (exact) mass is 196 g/mol. The predicted octanol–water partition coefficient (Wildman–Crippen LogP) is 5.34. The van der Waals surface area contributed by atoms with Crippen LogP contribution in [0, 0.1) is 5.41 Å². The normalized spacial score (nSPS) is 11.7. The zero-order valence-electron chi connectivity index (χ0n) is 10.7. The molecule has 0 rings (SSSR count). The molecule has 0 aromatic heterocycles. The van der Waals surface area contributed by atoms with Crippen LogP contribution in [-0.2, 0) is 0 Å². The molecule has 0 saturated heterocycles. The molecule has 0 spiro atoms. The van der Waals surface area contributed by atoms with Crippen molar-refractivity contribution in [2.75, 3.05) is 0 Å². The van der Waals surface area contributed by atoms with E-state index >= 15 is 0 Å². The largest absolute Gasteiger partial charge is 0.0999 e. The summed E-state index contributed by atoms with van der Waals surface area (Å²) in [5.74, 6) is 0. The molecule has 0 radical (unpaired) electrons. The minimum atomic E-state index is 0.566. The lowest BCUT2D eigenvalue weighted by Gasteiger charge is -2.33. The van der Waals surface area contributed by atoms with Gasteiger partial charge in [-0.25, -0.2) is 0 Å². The van der Waals surface area contributed by atoms with Crippen LogP contribution in [0.3, 0.4) is 0 Å². The second-order valence-corrected chi connectivity index (χ2v) is 4.63. The maximum absolute atomic E-state index is 4.17. The lowest BCUT2D eigenvalue weighted by molar-refractivity contribution is 0.220. The lowest BCUT2D eigenvalue weighted by atomic mass is 9.72. The third kappa shape index (κ3) is 4.30. The van der Waals surface area contributed by atoms with Gasteiger partial charge < -0.3 is 0 Å². The van der Waals surface area contributed by atoms with Gasteiger partial charge in [-0.3, -0.25) is 0 Å². The van der Waals surface area contributed by atoms with E-state index in [0.717, 1.165) is 6.42 Å². The van der Waals surface area contributed by atoms with Crippen LogP contribution in [0.25, 0.3) is 0 Å². The van der Waals surface area contributed by atoms with Gasteiger partial charge in [0.15, 0.2) is 0 Å². The molecule has 0 aliphatic rings. The van der Waals surface area contributed by atoms with Crippen LogP contribution in [0.15, 0.2) is 12.2 Å². The molecule has 0 saturated carbocycles. The zero-order valence-corrected chi connectivity index (χ0v) is 10.7. The van der Waals surface area contributed by atoms with Crippen LogP contribution in [-0.4, -0.2) is 0 Å². The van der Waals surface area contributed by atoms with Gasteiger partial charge in [-0.15, -0.1) is 0 Å². The molecule has 84 valence electrons. The number of hydrogen-bond acceptors (Lipinski definition) is 0. The number of allylic oxidation sites excluding steroid dienone is 1. The number of hydrogen-bond donors (Lipinski definition) is 0. The zero-order chi connectivity index (χ0) is 11.0. The molecule has 0 nitrogen and oxygen atoms in total. The molecule has 0 N–H and O–H groups in total. The Bertz CT molecular complexity index is 149. The van der Waals surface area contributed by atoms with E-state index in [9.17, 15) is 0 Å². The van der Waals surface area contributed by atoms with Crippen molar-refractivity contribution in [1.29, 1.82) is 0 Å². The molecule has 0 aromatic carbocycles. The standard InChI is InChI=1S/C14H28/c1-6-10-14(9-4,11-7-2)12-13(5)8-3/h5-12H2,1-4H3. The first kappa shape index (κ1) is 13.7. The summed E-state index contributed by atoms with van der Waals surface area (Å²) in [5.41, 5.74) is 2.00. The Morgan fingerprint density at radius 1 is 1.00 bits per heavy atom. The Labute approximate surface area is 90.8 Å². The van der Waals surface area contributed by atoms with Crippen molar-refractivity contribution >= 4 is 0 Å². The maximum atomic E-state index is 4.17. The van der Waals surface area contributed by atoms with E-state index in [0.29, 0.717) is 5.41 Å². The molecular weight excluding hydrogens is 168 g/mol. The first-order chi connectivity index (χ1) is 6.64. The maximum Gasteiger partial charge on any atom is -0.0263 e. The summed E-state index contributed by atoms with van der Waals surface area (Å²) >= 11 is 0. The van der Waals surface area contributed by atoms with Crippen molar-refractivity contribution < 1.29 is 0 Å². The van der Waals surface area contributed by atoms with Gasteiger partial charge in [0.05, 0.1) is 0 Å². The molecule has 0 aromatic rings. The van der Waals surface area contributed by atoms with Gasteiger partial charge in [0.1, 0.15) is 0 Å². The quantitative estimate of drug-likeness (QED) is 0.460. The molecule has 0 atom stereocenters. The minimum absolute atomic E-state index is 0.566. The average Bonchev–Trinajstić information content (AvgIpc) is 2.18. The van der Waals surface area contributed by atoms with E-state index in [1.165, 1.54) is 44.1 Å². The van der Waals surface area contributed by atoms with Crippen LogP contribution in [0.5, 0.6) is 0 Å². The van der Waals surface area contributed by atoms with Crippen LogP contribution in [0.2, 0.25) is 0 Å². The average molecular weight is 196 g/mol. The Kier molecular flexibility index (Phi) is 6.96. The summed E-state index contributed by atoms with van der Waals surface area (Å²) in [5, 5.41) is 0. The van der Waals surface area contributed by atoms with Crippen molar-refractivity contribution in [3.63, 3.8) is 0 Å². The van der Waals surface area contributed by atoms with E-state index in [1.807, 2.05) is 0 Å². The third-order valence-corrected chi connectivity index (χ3v) is 3.44. The first-order valence-corrected chi connectivity index (χ1v) is 6.30. The van der Waals surface area contributed by atoms with Crippen LogP contribution in [0.4, 0.5) is 0 Å². The Hall–Kier alpha value is -0.260. The first-order valence-electron chi connectivity index (χ1n) is 6.30. The van der Waals surface area contributed by atoms with Crippen LogP contribution in [0.1, 0.15) is 72.6 Å². The van der Waals surface area contributed by atoms with Crippen molar-refractivity contribution in [3.8, 4) is 0 Å². The van der Waals surface area contributed by atoms with Crippen LogP contribution >= 0.6 is 0 Å². The third-order valence-electron chi connectivity index (χ3n) is 3.44. The summed E-state index contributed by atoms with van der Waals surface area (Å²) in [6.45, 7) is 13.3. The second kappa shape index (κ2) is 7.09. The molecule has 0 bridgehead atoms. The molecule has 0 heterocycles. The number of rotatable bonds is 8. The molecule has 0 aliphatic heterocycles. The van der Waals surface area contributed by atoms with E-state index < -0.39 is 0 Å². The van der Waals surface area contributed by atoms with Crippen molar-refractivity contribution in [1.82, 2.24) is 0 Å². The molecule has 0 aliphatic carbocycles. The van der Waals surface area contributed by atoms with Gasteiger partial charge in [-0.1, -0.05) is 59.1 Å². The highest BCUT2D eigenvalue weighted by atomic mass is 14.3. The van der Waals surface area contributed by atoms with E-state index in [4.69, 9.17) is 0 Å². The van der Waals surface area contributed by atoms with Gasteiger partial charge in [0.2, 0.25) is 0 Å². The molecule has 0 fully saturated rings. The van der Waals surface area contributed by atoms with Crippen molar-refractivity contribution in [3.05, 3.63) is 12.2 Å². The van der Waals surface area contributed by atoms with E-state index in [1.54, 1.807) is 0 Å². The van der Waals surface area contributed by atoms with Gasteiger partial charge in [-0.05, 0) is 31.1 Å². The van der Waals surface area contributed by atoms with Gasteiger partial charge >= 0.3 is 0 Å². The van der Waals surface area contributed by atoms with Gasteiger partial charge in [0, 0.05) is 0 Å². The highest BCUT2D eigenvalue weighted by molar-refractivity contribution is 4.99. The fourth-order valence-electron chi connectivity index (χ4n) is 2.50. The topological polar surface area (TPSA) is 0 Å². The smallest absolute Gasteiger partial charge is 0.0263 e. The molecule has 0 amide bonds. The highest BCUT2D eigenvalue weighted by Gasteiger charge is 2.26. The summed E-state index contributed by atoms with van der Waals surface area (Å²) in [6, 6.07) is 0. The predicted molar refractivity (Wildman–Crippen MR) is 66.6 cm³/mol. The van der Waals surface area contributed by atoms with E-state index in [-0.39, 0.29) is 0 Å². The molecule has 14 heavy (non-hydrogen) atoms. The molecule has 0 unspecified atom stereocenters. The lowest BCUT2D eigenvalue weighted by Crippen LogP contribution is -2.20. The molecular formula is C14H28. The Morgan fingerprint density at radius 3 is 1.79 bits per heavy atom. The highest BCUT2D eigenvalue weighted by Crippen LogP contribution is 2.39. The summed E-state index contributed by atoms with van der Waals surface area (Å²) in [4.78, 5) is 0. The minimum Gasteiger partial charge on any atom is -0.0999 e. The van der Waals surface area contributed by atoms with Gasteiger partial charge in [0.25, 0.3) is 0 Å². The van der Waals surface area contributed by atoms with Crippen molar-refractivity contribution in [2.24, 2.45) is 5.41 Å². The fraction of sp³-hybridized carbons (Fsp3) is 0.857. The summed E-state index contributed by atoms with van der Waals surface area (Å²) in [6.07, 6.45) is 9.08. The molecule has 0 heteroatoms. The van der Waals surface area contributed by atoms with E-state index in [2.05, 4.69) is 34.3 Å². The van der Waals surface area contributed by atoms with Crippen LogP contribution < -0.4 is 0 Å². The summed E-state index contributed by atoms with van der Waals surface area (Å²) < 4.78 is 0. The SMILES string of the molecule is C=C(CC)CC(CC)(CCC)CCC.